The van der Waals surface area contributed by atoms with Crippen molar-refractivity contribution in [1.29, 1.82) is 0 Å². The van der Waals surface area contributed by atoms with E-state index < -0.39 is 11.4 Å². The van der Waals surface area contributed by atoms with Crippen molar-refractivity contribution in [1.82, 2.24) is 4.72 Å². The average Bonchev–Trinajstić information content (AvgIpc) is 3.24. The van der Waals surface area contributed by atoms with Crippen molar-refractivity contribution in [3.05, 3.63) is 64.2 Å². The molecule has 0 saturated heterocycles. The molecular formula is C20H22N2O2S. The third kappa shape index (κ3) is 3.53. The highest BCUT2D eigenvalue weighted by Crippen LogP contribution is 2.38. The van der Waals surface area contributed by atoms with Crippen LogP contribution in [0.2, 0.25) is 0 Å². The molecule has 2 aromatic rings. The quantitative estimate of drug-likeness (QED) is 0.823. The monoisotopic (exact) mass is 354 g/mol. The summed E-state index contributed by atoms with van der Waals surface area (Å²) in [6.07, 6.45) is 6.53. The van der Waals surface area contributed by atoms with Gasteiger partial charge < -0.3 is 9.87 Å². The van der Waals surface area contributed by atoms with Gasteiger partial charge in [0.05, 0.1) is 11.4 Å². The summed E-state index contributed by atoms with van der Waals surface area (Å²) in [5.41, 5.74) is 7.25. The van der Waals surface area contributed by atoms with E-state index in [1.54, 1.807) is 0 Å². The van der Waals surface area contributed by atoms with Gasteiger partial charge in [0, 0.05) is 11.3 Å². The van der Waals surface area contributed by atoms with Crippen molar-refractivity contribution in [3.63, 3.8) is 0 Å². The van der Waals surface area contributed by atoms with Gasteiger partial charge in [0.2, 0.25) is 0 Å². The SMILES string of the molecule is O=C(Nc1c2c(cc3c1CCC3)CCC2)N[S+]([O-])Cc1ccccc1. The second-order valence-electron chi connectivity index (χ2n) is 6.77. The Hall–Kier alpha value is -1.98. The van der Waals surface area contributed by atoms with Crippen LogP contribution in [-0.4, -0.2) is 10.6 Å². The zero-order valence-electron chi connectivity index (χ0n) is 14.1. The molecule has 0 fully saturated rings. The summed E-state index contributed by atoms with van der Waals surface area (Å²) in [6.45, 7) is 0. The molecular weight excluding hydrogens is 332 g/mol. The van der Waals surface area contributed by atoms with Gasteiger partial charge in [0.1, 0.15) is 0 Å². The topological polar surface area (TPSA) is 64.2 Å². The molecule has 1 unspecified atom stereocenters. The van der Waals surface area contributed by atoms with Crippen LogP contribution in [0.5, 0.6) is 0 Å². The third-order valence-corrected chi connectivity index (χ3v) is 6.07. The first kappa shape index (κ1) is 16.5. The van der Waals surface area contributed by atoms with Crippen LogP contribution in [0, 0.1) is 0 Å². The molecule has 2 amide bonds. The number of hydrogen-bond donors (Lipinski definition) is 2. The molecule has 4 nitrogen and oxygen atoms in total. The maximum atomic E-state index is 12.4. The number of fused-ring (bicyclic) bond motifs is 2. The zero-order valence-corrected chi connectivity index (χ0v) is 15.0. The van der Waals surface area contributed by atoms with Gasteiger partial charge in [-0.1, -0.05) is 36.4 Å². The van der Waals surface area contributed by atoms with Gasteiger partial charge >= 0.3 is 6.03 Å². The molecule has 0 saturated carbocycles. The summed E-state index contributed by atoms with van der Waals surface area (Å²) in [7, 11) is 0. The predicted molar refractivity (Wildman–Crippen MR) is 101 cm³/mol. The molecule has 4 rings (SSSR count). The first-order chi connectivity index (χ1) is 12.2. The Labute approximate surface area is 151 Å². The fourth-order valence-corrected chi connectivity index (χ4v) is 4.80. The minimum Gasteiger partial charge on any atom is -0.593 e. The summed E-state index contributed by atoms with van der Waals surface area (Å²) >= 11 is -1.43. The van der Waals surface area contributed by atoms with Gasteiger partial charge in [0.15, 0.2) is 5.75 Å². The van der Waals surface area contributed by atoms with Crippen LogP contribution in [0.4, 0.5) is 10.5 Å². The molecule has 130 valence electrons. The van der Waals surface area contributed by atoms with Crippen LogP contribution in [0.3, 0.4) is 0 Å². The van der Waals surface area contributed by atoms with Crippen molar-refractivity contribution < 1.29 is 9.35 Å². The Balaban J connectivity index is 1.46. The van der Waals surface area contributed by atoms with Gasteiger partial charge in [-0.15, -0.1) is 0 Å². The Morgan fingerprint density at radius 2 is 1.64 bits per heavy atom. The summed E-state index contributed by atoms with van der Waals surface area (Å²) in [5.74, 6) is 0.319. The van der Waals surface area contributed by atoms with Gasteiger partial charge in [-0.2, -0.15) is 4.72 Å². The second-order valence-corrected chi connectivity index (χ2v) is 7.95. The first-order valence-electron chi connectivity index (χ1n) is 8.87. The van der Waals surface area contributed by atoms with Gasteiger partial charge in [-0.05, 0) is 60.8 Å². The van der Waals surface area contributed by atoms with Crippen molar-refractivity contribution in [2.45, 2.75) is 44.3 Å². The smallest absolute Gasteiger partial charge is 0.360 e. The highest BCUT2D eigenvalue weighted by atomic mass is 32.2. The van der Waals surface area contributed by atoms with Gasteiger partial charge in [-0.25, -0.2) is 4.79 Å². The molecule has 0 heterocycles. The molecule has 2 aliphatic rings. The van der Waals surface area contributed by atoms with Crippen molar-refractivity contribution in [2.24, 2.45) is 0 Å². The molecule has 1 atom stereocenters. The van der Waals surface area contributed by atoms with E-state index in [1.807, 2.05) is 30.3 Å². The summed E-state index contributed by atoms with van der Waals surface area (Å²) in [5, 5.41) is 3.02. The van der Waals surface area contributed by atoms with E-state index in [0.29, 0.717) is 5.75 Å². The minimum absolute atomic E-state index is 0.319. The van der Waals surface area contributed by atoms with E-state index in [-0.39, 0.29) is 6.03 Å². The number of hydrogen-bond acceptors (Lipinski definition) is 2. The lowest BCUT2D eigenvalue weighted by atomic mass is 9.99. The van der Waals surface area contributed by atoms with Crippen LogP contribution in [0.25, 0.3) is 0 Å². The Morgan fingerprint density at radius 1 is 1.00 bits per heavy atom. The highest BCUT2D eigenvalue weighted by molar-refractivity contribution is 7.89. The van der Waals surface area contributed by atoms with Crippen molar-refractivity contribution in [2.75, 3.05) is 5.32 Å². The summed E-state index contributed by atoms with van der Waals surface area (Å²) < 4.78 is 14.8. The van der Waals surface area contributed by atoms with Crippen molar-refractivity contribution >= 4 is 23.1 Å². The number of aryl methyl sites for hydroxylation is 2. The largest absolute Gasteiger partial charge is 0.593 e. The van der Waals surface area contributed by atoms with Gasteiger partial charge in [0.25, 0.3) is 0 Å². The number of carbonyl (C=O) groups is 1. The number of nitrogens with one attached hydrogen (secondary N) is 2. The maximum Gasteiger partial charge on any atom is 0.360 e. The first-order valence-corrected chi connectivity index (χ1v) is 10.2. The van der Waals surface area contributed by atoms with E-state index in [0.717, 1.165) is 49.8 Å². The predicted octanol–water partition coefficient (Wildman–Crippen LogP) is 3.65. The van der Waals surface area contributed by atoms with Crippen LogP contribution >= 0.6 is 0 Å². The molecule has 5 heteroatoms. The van der Waals surface area contributed by atoms with E-state index in [2.05, 4.69) is 16.1 Å². The van der Waals surface area contributed by atoms with Crippen LogP contribution in [0.15, 0.2) is 36.4 Å². The molecule has 25 heavy (non-hydrogen) atoms. The van der Waals surface area contributed by atoms with Crippen molar-refractivity contribution in [3.8, 4) is 0 Å². The minimum atomic E-state index is -1.43. The standard InChI is InChI=1S/C20H22N2O2S/c23-20(22-25(24)13-14-6-2-1-3-7-14)21-19-17-10-4-8-15(17)12-16-9-5-11-18(16)19/h1-3,6-7,12H,4-5,8-11,13H2,(H2,21,22,23). The summed E-state index contributed by atoms with van der Waals surface area (Å²) in [6, 6.07) is 11.5. The summed E-state index contributed by atoms with van der Waals surface area (Å²) in [4.78, 5) is 12.4. The molecule has 0 radical (unpaired) electrons. The second kappa shape index (κ2) is 7.10. The third-order valence-electron chi connectivity index (χ3n) is 5.06. The molecule has 0 aliphatic heterocycles. The Bertz CT molecular complexity index is 760. The normalized spacial score (nSPS) is 16.2. The maximum absolute atomic E-state index is 12.4. The van der Waals surface area contributed by atoms with Crippen LogP contribution in [-0.2, 0) is 42.8 Å². The number of rotatable bonds is 4. The fourth-order valence-electron chi connectivity index (χ4n) is 3.97. The zero-order chi connectivity index (χ0) is 17.2. The Kier molecular flexibility index (Phi) is 4.68. The molecule has 0 aromatic heterocycles. The van der Waals surface area contributed by atoms with Crippen LogP contribution < -0.4 is 10.0 Å². The molecule has 2 aliphatic carbocycles. The van der Waals surface area contributed by atoms with Crippen LogP contribution in [0.1, 0.15) is 40.7 Å². The highest BCUT2D eigenvalue weighted by Gasteiger charge is 2.25. The molecule has 0 bridgehead atoms. The number of amides is 2. The number of urea groups is 1. The lowest BCUT2D eigenvalue weighted by molar-refractivity contribution is 0.256. The van der Waals surface area contributed by atoms with Gasteiger partial charge in [-0.3, -0.25) is 0 Å². The fraction of sp³-hybridized carbons (Fsp3) is 0.350. The van der Waals surface area contributed by atoms with E-state index >= 15 is 0 Å². The average molecular weight is 354 g/mol. The number of carbonyl (C=O) groups excluding carboxylic acids is 1. The Morgan fingerprint density at radius 3 is 2.28 bits per heavy atom. The molecule has 2 aromatic carbocycles. The lowest BCUT2D eigenvalue weighted by Crippen LogP contribution is -2.35. The van der Waals surface area contributed by atoms with E-state index in [9.17, 15) is 9.35 Å². The molecule has 0 spiro atoms. The van der Waals surface area contributed by atoms with E-state index in [1.165, 1.54) is 22.3 Å². The molecule has 2 N–H and O–H groups in total. The lowest BCUT2D eigenvalue weighted by Gasteiger charge is -2.17. The van der Waals surface area contributed by atoms with E-state index in [4.69, 9.17) is 0 Å². The number of benzene rings is 2. The number of anilines is 1.